The molecule has 0 fully saturated rings. The van der Waals surface area contributed by atoms with E-state index in [0.29, 0.717) is 16.3 Å². The number of benzene rings is 2. The van der Waals surface area contributed by atoms with Crippen molar-refractivity contribution in [2.45, 2.75) is 4.90 Å². The summed E-state index contributed by atoms with van der Waals surface area (Å²) >= 11 is 6.04. The average molecular weight is 394 g/mol. The highest BCUT2D eigenvalue weighted by Crippen LogP contribution is 2.25. The van der Waals surface area contributed by atoms with Crippen molar-refractivity contribution in [3.8, 4) is 11.3 Å². The summed E-state index contributed by atoms with van der Waals surface area (Å²) in [7, 11) is -4.15. The Kier molecular flexibility index (Phi) is 5.22. The largest absolute Gasteiger partial charge is 0.464 e. The fourth-order valence-corrected chi connectivity index (χ4v) is 3.63. The molecule has 2 aromatic carbocycles. The van der Waals surface area contributed by atoms with Gasteiger partial charge < -0.3 is 4.42 Å². The van der Waals surface area contributed by atoms with E-state index in [1.165, 1.54) is 24.5 Å². The Morgan fingerprint density at radius 1 is 1.12 bits per heavy atom. The molecule has 0 unspecified atom stereocenters. The van der Waals surface area contributed by atoms with Crippen molar-refractivity contribution in [3.63, 3.8) is 0 Å². The Balaban J connectivity index is 1.80. The van der Waals surface area contributed by atoms with Gasteiger partial charge in [0.25, 0.3) is 0 Å². The summed E-state index contributed by atoms with van der Waals surface area (Å²) in [6.45, 7) is -0.533. The fraction of sp³-hybridized carbons (Fsp3) is 0.0556. The molecular formula is C18H13ClFNO4S. The summed E-state index contributed by atoms with van der Waals surface area (Å²) in [6.07, 6.45) is 1.49. The van der Waals surface area contributed by atoms with Crippen LogP contribution in [0.3, 0.4) is 0 Å². The minimum absolute atomic E-state index is 0.208. The molecule has 0 bridgehead atoms. The van der Waals surface area contributed by atoms with Crippen LogP contribution in [0.5, 0.6) is 0 Å². The maximum atomic E-state index is 13.7. The normalized spacial score (nSPS) is 11.5. The van der Waals surface area contributed by atoms with Gasteiger partial charge >= 0.3 is 0 Å². The van der Waals surface area contributed by atoms with Crippen LogP contribution in [0.15, 0.2) is 70.2 Å². The van der Waals surface area contributed by atoms with Crippen LogP contribution in [-0.2, 0) is 10.0 Å². The molecule has 0 saturated carbocycles. The molecule has 0 atom stereocenters. The molecule has 1 N–H and O–H groups in total. The van der Waals surface area contributed by atoms with Gasteiger partial charge in [0.2, 0.25) is 10.0 Å². The lowest BCUT2D eigenvalue weighted by molar-refractivity contribution is 0.0997. The van der Waals surface area contributed by atoms with Crippen LogP contribution >= 0.6 is 11.6 Å². The van der Waals surface area contributed by atoms with E-state index in [4.69, 9.17) is 16.0 Å². The number of hydrogen-bond acceptors (Lipinski definition) is 4. The number of carbonyl (C=O) groups is 1. The first-order valence-corrected chi connectivity index (χ1v) is 9.35. The third-order valence-electron chi connectivity index (χ3n) is 3.57. The second-order valence-corrected chi connectivity index (χ2v) is 7.56. The van der Waals surface area contributed by atoms with E-state index in [0.717, 1.165) is 12.1 Å². The molecule has 0 radical (unpaired) electrons. The first-order chi connectivity index (χ1) is 12.4. The number of nitrogens with one attached hydrogen (secondary N) is 1. The first kappa shape index (κ1) is 18.3. The summed E-state index contributed by atoms with van der Waals surface area (Å²) in [6, 6.07) is 12.9. The Hall–Kier alpha value is -2.48. The standard InChI is InChI=1S/C18H13ClFNO4S/c19-14-9-12(8-13(10-14)17-5-3-7-25-17)16(22)11-21-26(23,24)18-6-2-1-4-15(18)20/h1-10,21H,11H2. The lowest BCUT2D eigenvalue weighted by Crippen LogP contribution is -2.30. The molecule has 1 aromatic heterocycles. The minimum atomic E-state index is -4.15. The molecule has 0 aliphatic carbocycles. The highest BCUT2D eigenvalue weighted by atomic mass is 35.5. The number of sulfonamides is 1. The van der Waals surface area contributed by atoms with Crippen LogP contribution in [0.25, 0.3) is 11.3 Å². The number of furan rings is 1. The van der Waals surface area contributed by atoms with E-state index in [9.17, 15) is 17.6 Å². The number of ketones is 1. The molecular weight excluding hydrogens is 381 g/mol. The molecule has 0 spiro atoms. The van der Waals surface area contributed by atoms with E-state index in [1.807, 2.05) is 0 Å². The zero-order chi connectivity index (χ0) is 18.7. The second kappa shape index (κ2) is 7.41. The third kappa shape index (κ3) is 4.01. The van der Waals surface area contributed by atoms with Gasteiger partial charge in [-0.1, -0.05) is 23.7 Å². The predicted molar refractivity (Wildman–Crippen MR) is 95.1 cm³/mol. The van der Waals surface area contributed by atoms with E-state index in [1.54, 1.807) is 24.3 Å². The second-order valence-electron chi connectivity index (χ2n) is 5.38. The Labute approximate surface area is 154 Å². The molecule has 5 nitrogen and oxygen atoms in total. The smallest absolute Gasteiger partial charge is 0.243 e. The number of carbonyl (C=O) groups excluding carboxylic acids is 1. The van der Waals surface area contributed by atoms with E-state index in [2.05, 4.69) is 4.72 Å². The summed E-state index contributed by atoms with van der Waals surface area (Å²) in [4.78, 5) is 11.9. The molecule has 0 amide bonds. The van der Waals surface area contributed by atoms with Crippen molar-refractivity contribution in [3.05, 3.63) is 77.3 Å². The average Bonchev–Trinajstić information content (AvgIpc) is 3.14. The third-order valence-corrected chi connectivity index (χ3v) is 5.23. The van der Waals surface area contributed by atoms with Gasteiger partial charge in [0.1, 0.15) is 16.5 Å². The zero-order valence-corrected chi connectivity index (χ0v) is 14.9. The van der Waals surface area contributed by atoms with Crippen LogP contribution in [0, 0.1) is 5.82 Å². The van der Waals surface area contributed by atoms with Crippen molar-refractivity contribution < 1.29 is 22.0 Å². The summed E-state index contributed by atoms with van der Waals surface area (Å²) in [5, 5.41) is 0.305. The summed E-state index contributed by atoms with van der Waals surface area (Å²) in [5.74, 6) is -0.885. The van der Waals surface area contributed by atoms with Crippen molar-refractivity contribution in [1.29, 1.82) is 0 Å². The minimum Gasteiger partial charge on any atom is -0.464 e. The van der Waals surface area contributed by atoms with Gasteiger partial charge in [-0.15, -0.1) is 0 Å². The van der Waals surface area contributed by atoms with Crippen LogP contribution in [0.4, 0.5) is 4.39 Å². The van der Waals surface area contributed by atoms with Crippen LogP contribution in [-0.4, -0.2) is 20.7 Å². The van der Waals surface area contributed by atoms with Crippen LogP contribution < -0.4 is 4.72 Å². The van der Waals surface area contributed by atoms with Gasteiger partial charge in [0.05, 0.1) is 12.8 Å². The van der Waals surface area contributed by atoms with Crippen molar-refractivity contribution in [1.82, 2.24) is 4.72 Å². The van der Waals surface area contributed by atoms with Gasteiger partial charge in [0, 0.05) is 16.1 Å². The van der Waals surface area contributed by atoms with Crippen molar-refractivity contribution >= 4 is 27.4 Å². The van der Waals surface area contributed by atoms with Gasteiger partial charge in [-0.25, -0.2) is 17.5 Å². The fourth-order valence-electron chi connectivity index (χ4n) is 2.34. The maximum absolute atomic E-state index is 13.7. The molecule has 0 saturated heterocycles. The topological polar surface area (TPSA) is 76.4 Å². The Morgan fingerprint density at radius 2 is 1.88 bits per heavy atom. The molecule has 0 aliphatic heterocycles. The SMILES string of the molecule is O=C(CNS(=O)(=O)c1ccccc1F)c1cc(Cl)cc(-c2ccco2)c1. The Bertz CT molecular complexity index is 1050. The molecule has 3 rings (SSSR count). The summed E-state index contributed by atoms with van der Waals surface area (Å²) in [5.41, 5.74) is 0.794. The van der Waals surface area contributed by atoms with Crippen molar-refractivity contribution in [2.75, 3.05) is 6.54 Å². The lowest BCUT2D eigenvalue weighted by atomic mass is 10.1. The van der Waals surface area contributed by atoms with Gasteiger partial charge in [-0.3, -0.25) is 4.79 Å². The summed E-state index contributed by atoms with van der Waals surface area (Å²) < 4.78 is 45.4. The highest BCUT2D eigenvalue weighted by Gasteiger charge is 2.20. The monoisotopic (exact) mass is 393 g/mol. The molecule has 26 heavy (non-hydrogen) atoms. The van der Waals surface area contributed by atoms with Gasteiger partial charge in [-0.05, 0) is 42.5 Å². The maximum Gasteiger partial charge on any atom is 0.243 e. The zero-order valence-electron chi connectivity index (χ0n) is 13.3. The van der Waals surface area contributed by atoms with Crippen molar-refractivity contribution in [2.24, 2.45) is 0 Å². The van der Waals surface area contributed by atoms with Gasteiger partial charge in [-0.2, -0.15) is 0 Å². The molecule has 134 valence electrons. The van der Waals surface area contributed by atoms with Crippen LogP contribution in [0.2, 0.25) is 5.02 Å². The van der Waals surface area contributed by atoms with Crippen LogP contribution in [0.1, 0.15) is 10.4 Å². The number of halogens is 2. The number of hydrogen-bond donors (Lipinski definition) is 1. The quantitative estimate of drug-likeness (QED) is 0.644. The lowest BCUT2D eigenvalue weighted by Gasteiger charge is -2.08. The predicted octanol–water partition coefficient (Wildman–Crippen LogP) is 3.90. The van der Waals surface area contributed by atoms with E-state index in [-0.39, 0.29) is 5.56 Å². The molecule has 8 heteroatoms. The van der Waals surface area contributed by atoms with E-state index < -0.39 is 33.1 Å². The molecule has 3 aromatic rings. The molecule has 0 aliphatic rings. The Morgan fingerprint density at radius 3 is 2.58 bits per heavy atom. The number of rotatable bonds is 6. The molecule has 1 heterocycles. The number of Topliss-reactive ketones (excluding diaryl/α,β-unsaturated/α-hetero) is 1. The first-order valence-electron chi connectivity index (χ1n) is 7.49. The van der Waals surface area contributed by atoms with Gasteiger partial charge in [0.15, 0.2) is 5.78 Å². The highest BCUT2D eigenvalue weighted by molar-refractivity contribution is 7.89. The van der Waals surface area contributed by atoms with E-state index >= 15 is 0 Å².